The van der Waals surface area contributed by atoms with E-state index in [0.29, 0.717) is 0 Å². The molecule has 0 unspecified atom stereocenters. The van der Waals surface area contributed by atoms with Crippen LogP contribution in [0.5, 0.6) is 0 Å². The monoisotopic (exact) mass is 264 g/mol. The number of rotatable bonds is 4. The molecule has 0 fully saturated rings. The van der Waals surface area contributed by atoms with E-state index in [9.17, 15) is 4.79 Å². The lowest BCUT2D eigenvalue weighted by molar-refractivity contribution is 0.103. The molecule has 2 rings (SSSR count). The van der Waals surface area contributed by atoms with Crippen LogP contribution < -0.4 is 0 Å². The van der Waals surface area contributed by atoms with E-state index in [-0.39, 0.29) is 5.78 Å². The third kappa shape index (κ3) is 3.05. The Bertz CT molecular complexity index is 616. The van der Waals surface area contributed by atoms with Gasteiger partial charge < -0.3 is 0 Å². The van der Waals surface area contributed by atoms with Crippen LogP contribution in [0.25, 0.3) is 6.08 Å². The van der Waals surface area contributed by atoms with Crippen molar-refractivity contribution in [2.24, 2.45) is 0 Å². The molecule has 0 amide bonds. The van der Waals surface area contributed by atoms with Gasteiger partial charge in [0.25, 0.3) is 0 Å². The zero-order chi connectivity index (χ0) is 14.5. The van der Waals surface area contributed by atoms with Gasteiger partial charge in [0, 0.05) is 11.1 Å². The molecule has 0 bridgehead atoms. The number of benzene rings is 2. The van der Waals surface area contributed by atoms with Crippen LogP contribution in [0.4, 0.5) is 0 Å². The molecule has 1 heteroatoms. The maximum Gasteiger partial charge on any atom is 0.189 e. The fourth-order valence-electron chi connectivity index (χ4n) is 2.41. The molecule has 0 radical (unpaired) electrons. The van der Waals surface area contributed by atoms with E-state index < -0.39 is 0 Å². The Balaban J connectivity index is 2.43. The maximum absolute atomic E-state index is 12.8. The van der Waals surface area contributed by atoms with Gasteiger partial charge in [-0.1, -0.05) is 55.5 Å². The van der Waals surface area contributed by atoms with Crippen molar-refractivity contribution in [1.29, 1.82) is 0 Å². The molecule has 0 saturated heterocycles. The number of Topliss-reactive ketones (excluding diaryl/α,β-unsaturated/α-hetero) is 1. The minimum atomic E-state index is 0.145. The Labute approximate surface area is 121 Å². The van der Waals surface area contributed by atoms with Crippen LogP contribution in [0.15, 0.2) is 54.1 Å². The van der Waals surface area contributed by atoms with Gasteiger partial charge in [0.15, 0.2) is 5.78 Å². The highest BCUT2D eigenvalue weighted by Crippen LogP contribution is 2.21. The molecule has 0 aliphatic carbocycles. The highest BCUT2D eigenvalue weighted by atomic mass is 16.1. The Morgan fingerprint density at radius 1 is 0.950 bits per heavy atom. The lowest BCUT2D eigenvalue weighted by atomic mass is 9.92. The highest BCUT2D eigenvalue weighted by Gasteiger charge is 2.15. The van der Waals surface area contributed by atoms with Gasteiger partial charge in [-0.05, 0) is 43.0 Å². The number of ketones is 1. The quantitative estimate of drug-likeness (QED) is 0.562. The van der Waals surface area contributed by atoms with E-state index in [1.165, 1.54) is 0 Å². The number of carbonyl (C=O) groups is 1. The standard InChI is InChI=1S/C19H20O/c1-4-17(13-16-11-6-5-7-12-16)19(20)18-14(2)9-8-10-15(18)3/h5-13H,4H2,1-3H3/b17-13+. The second kappa shape index (κ2) is 6.33. The van der Waals surface area contributed by atoms with Crippen LogP contribution >= 0.6 is 0 Å². The summed E-state index contributed by atoms with van der Waals surface area (Å²) in [6, 6.07) is 16.0. The van der Waals surface area contributed by atoms with Gasteiger partial charge in [-0.3, -0.25) is 4.79 Å². The number of hydrogen-bond donors (Lipinski definition) is 0. The summed E-state index contributed by atoms with van der Waals surface area (Å²) in [4.78, 5) is 12.8. The minimum absolute atomic E-state index is 0.145. The molecule has 102 valence electrons. The smallest absolute Gasteiger partial charge is 0.189 e. The van der Waals surface area contributed by atoms with Crippen LogP contribution in [0.3, 0.4) is 0 Å². The first-order valence-corrected chi connectivity index (χ1v) is 7.00. The molecule has 0 N–H and O–H groups in total. The number of carbonyl (C=O) groups excluding carboxylic acids is 1. The van der Waals surface area contributed by atoms with E-state index >= 15 is 0 Å². The van der Waals surface area contributed by atoms with Gasteiger partial charge in [0.05, 0.1) is 0 Å². The molecular formula is C19H20O. The SMILES string of the molecule is CC/C(=C\c1ccccc1)C(=O)c1c(C)cccc1C. The van der Waals surface area contributed by atoms with E-state index in [4.69, 9.17) is 0 Å². The number of hydrogen-bond acceptors (Lipinski definition) is 1. The summed E-state index contributed by atoms with van der Waals surface area (Å²) in [5.74, 6) is 0.145. The fourth-order valence-corrected chi connectivity index (χ4v) is 2.41. The summed E-state index contributed by atoms with van der Waals surface area (Å²) in [6.07, 6.45) is 2.73. The largest absolute Gasteiger partial charge is 0.289 e. The van der Waals surface area contributed by atoms with Gasteiger partial charge in [-0.15, -0.1) is 0 Å². The van der Waals surface area contributed by atoms with Crippen molar-refractivity contribution in [2.45, 2.75) is 27.2 Å². The zero-order valence-electron chi connectivity index (χ0n) is 12.3. The van der Waals surface area contributed by atoms with Crippen molar-refractivity contribution in [1.82, 2.24) is 0 Å². The van der Waals surface area contributed by atoms with Crippen molar-refractivity contribution in [3.05, 3.63) is 76.4 Å². The van der Waals surface area contributed by atoms with E-state index in [0.717, 1.165) is 34.2 Å². The van der Waals surface area contributed by atoms with Crippen LogP contribution in [-0.4, -0.2) is 5.78 Å². The van der Waals surface area contributed by atoms with Gasteiger partial charge >= 0.3 is 0 Å². The lowest BCUT2D eigenvalue weighted by Gasteiger charge is -2.10. The zero-order valence-corrected chi connectivity index (χ0v) is 12.3. The minimum Gasteiger partial charge on any atom is -0.289 e. The maximum atomic E-state index is 12.8. The Morgan fingerprint density at radius 2 is 1.55 bits per heavy atom. The first kappa shape index (κ1) is 14.3. The molecule has 0 aromatic heterocycles. The third-order valence-corrected chi connectivity index (χ3v) is 3.52. The molecule has 2 aromatic rings. The summed E-state index contributed by atoms with van der Waals surface area (Å²) < 4.78 is 0. The normalized spacial score (nSPS) is 11.4. The lowest BCUT2D eigenvalue weighted by Crippen LogP contribution is -2.07. The molecule has 0 aliphatic heterocycles. The number of aryl methyl sites for hydroxylation is 2. The van der Waals surface area contributed by atoms with Crippen molar-refractivity contribution >= 4 is 11.9 Å². The highest BCUT2D eigenvalue weighted by molar-refractivity contribution is 6.12. The fraction of sp³-hybridized carbons (Fsp3) is 0.211. The summed E-state index contributed by atoms with van der Waals surface area (Å²) >= 11 is 0. The second-order valence-corrected chi connectivity index (χ2v) is 5.03. The molecule has 0 saturated carbocycles. The van der Waals surface area contributed by atoms with E-state index in [1.54, 1.807) is 0 Å². The van der Waals surface area contributed by atoms with Crippen LogP contribution in [0.2, 0.25) is 0 Å². The summed E-state index contributed by atoms with van der Waals surface area (Å²) in [6.45, 7) is 6.02. The topological polar surface area (TPSA) is 17.1 Å². The average Bonchev–Trinajstić information content (AvgIpc) is 2.45. The van der Waals surface area contributed by atoms with Gasteiger partial charge in [-0.2, -0.15) is 0 Å². The summed E-state index contributed by atoms with van der Waals surface area (Å²) in [7, 11) is 0. The Morgan fingerprint density at radius 3 is 2.10 bits per heavy atom. The molecule has 1 nitrogen and oxygen atoms in total. The average molecular weight is 264 g/mol. The Kier molecular flexibility index (Phi) is 4.52. The molecular weight excluding hydrogens is 244 g/mol. The van der Waals surface area contributed by atoms with Gasteiger partial charge in [-0.25, -0.2) is 0 Å². The second-order valence-electron chi connectivity index (χ2n) is 5.03. The summed E-state index contributed by atoms with van der Waals surface area (Å²) in [5.41, 5.74) is 4.86. The predicted molar refractivity (Wildman–Crippen MR) is 85.0 cm³/mol. The first-order chi connectivity index (χ1) is 9.63. The van der Waals surface area contributed by atoms with Gasteiger partial charge in [0.1, 0.15) is 0 Å². The van der Waals surface area contributed by atoms with E-state index in [2.05, 4.69) is 0 Å². The predicted octanol–water partition coefficient (Wildman–Crippen LogP) is 4.98. The molecule has 0 spiro atoms. The molecule has 20 heavy (non-hydrogen) atoms. The number of allylic oxidation sites excluding steroid dienone is 1. The van der Waals surface area contributed by atoms with Crippen molar-refractivity contribution in [3.8, 4) is 0 Å². The molecule has 2 aromatic carbocycles. The van der Waals surface area contributed by atoms with Crippen LogP contribution in [-0.2, 0) is 0 Å². The molecule has 0 heterocycles. The Hall–Kier alpha value is -2.15. The van der Waals surface area contributed by atoms with Gasteiger partial charge in [0.2, 0.25) is 0 Å². The van der Waals surface area contributed by atoms with Crippen molar-refractivity contribution in [2.75, 3.05) is 0 Å². The molecule has 0 atom stereocenters. The van der Waals surface area contributed by atoms with Crippen LogP contribution in [0, 0.1) is 13.8 Å². The van der Waals surface area contributed by atoms with Crippen molar-refractivity contribution in [3.63, 3.8) is 0 Å². The van der Waals surface area contributed by atoms with Crippen LogP contribution in [0.1, 0.15) is 40.4 Å². The summed E-state index contributed by atoms with van der Waals surface area (Å²) in [5, 5.41) is 0. The first-order valence-electron chi connectivity index (χ1n) is 7.00. The third-order valence-electron chi connectivity index (χ3n) is 3.52. The van der Waals surface area contributed by atoms with Crippen molar-refractivity contribution < 1.29 is 4.79 Å². The van der Waals surface area contributed by atoms with E-state index in [1.807, 2.05) is 75.4 Å². The molecule has 0 aliphatic rings.